The summed E-state index contributed by atoms with van der Waals surface area (Å²) >= 11 is 0. The number of morpholine rings is 1. The van der Waals surface area contributed by atoms with Crippen LogP contribution >= 0.6 is 0 Å². The molecule has 27 heavy (non-hydrogen) atoms. The molecule has 0 amide bonds. The van der Waals surface area contributed by atoms with Crippen LogP contribution in [0.2, 0.25) is 0 Å². The lowest BCUT2D eigenvalue weighted by Crippen LogP contribution is -2.72. The SMILES string of the molecule is O=C(O)C1=CN2C3C(CCC4CCCCC43)OC3C(F)C(F)CC(C1=O)C32. The number of carboxylic acids is 1. The zero-order chi connectivity index (χ0) is 18.9. The first-order valence-corrected chi connectivity index (χ1v) is 10.2. The Morgan fingerprint density at radius 3 is 2.70 bits per heavy atom. The molecule has 5 nitrogen and oxygen atoms in total. The first kappa shape index (κ1) is 17.6. The van der Waals surface area contributed by atoms with Gasteiger partial charge in [0.25, 0.3) is 0 Å². The van der Waals surface area contributed by atoms with Crippen LogP contribution in [0.25, 0.3) is 0 Å². The number of aliphatic carboxylic acids is 1. The molecule has 0 aromatic carbocycles. The number of Topliss-reactive ketones (excluding diaryl/α,β-unsaturated/α-hetero) is 1. The Labute approximate surface area is 156 Å². The van der Waals surface area contributed by atoms with Crippen LogP contribution in [0.5, 0.6) is 0 Å². The van der Waals surface area contributed by atoms with Gasteiger partial charge in [0.15, 0.2) is 12.0 Å². The van der Waals surface area contributed by atoms with E-state index in [9.17, 15) is 23.5 Å². The Kier molecular flexibility index (Phi) is 4.08. The molecule has 3 aliphatic carbocycles. The highest BCUT2D eigenvalue weighted by Gasteiger charge is 2.60. The number of rotatable bonds is 1. The molecule has 0 bridgehead atoms. The van der Waals surface area contributed by atoms with Crippen molar-refractivity contribution in [1.29, 1.82) is 0 Å². The number of carbonyl (C=O) groups is 2. The van der Waals surface area contributed by atoms with Crippen molar-refractivity contribution in [2.75, 3.05) is 0 Å². The van der Waals surface area contributed by atoms with Gasteiger partial charge < -0.3 is 14.7 Å². The molecular formula is C20H25F2NO4. The molecule has 1 N–H and O–H groups in total. The Morgan fingerprint density at radius 1 is 1.15 bits per heavy atom. The summed E-state index contributed by atoms with van der Waals surface area (Å²) in [5.41, 5.74) is -0.293. The van der Waals surface area contributed by atoms with Gasteiger partial charge in [-0.15, -0.1) is 0 Å². The second kappa shape index (κ2) is 6.26. The van der Waals surface area contributed by atoms with Gasteiger partial charge in [0.1, 0.15) is 17.8 Å². The topological polar surface area (TPSA) is 66.8 Å². The second-order valence-corrected chi connectivity index (χ2v) is 8.87. The van der Waals surface area contributed by atoms with Gasteiger partial charge in [0.05, 0.1) is 18.2 Å². The molecule has 0 spiro atoms. The van der Waals surface area contributed by atoms with Crippen molar-refractivity contribution >= 4 is 11.8 Å². The van der Waals surface area contributed by atoms with Crippen LogP contribution in [0.15, 0.2) is 11.8 Å². The Bertz CT molecular complexity index is 697. The summed E-state index contributed by atoms with van der Waals surface area (Å²) in [6, 6.07) is -0.636. The number of hydrogen-bond donors (Lipinski definition) is 1. The fraction of sp³-hybridized carbons (Fsp3) is 0.800. The first-order chi connectivity index (χ1) is 13.0. The van der Waals surface area contributed by atoms with Crippen molar-refractivity contribution < 1.29 is 28.2 Å². The van der Waals surface area contributed by atoms with Crippen LogP contribution in [-0.4, -0.2) is 58.4 Å². The van der Waals surface area contributed by atoms with Crippen LogP contribution in [-0.2, 0) is 14.3 Å². The summed E-state index contributed by atoms with van der Waals surface area (Å²) in [4.78, 5) is 26.3. The maximum absolute atomic E-state index is 14.7. The van der Waals surface area contributed by atoms with Crippen molar-refractivity contribution in [3.8, 4) is 0 Å². The Hall–Kier alpha value is -1.50. The standard InChI is InChI=1S/C20H25F2NO4/c21-13-7-11-17-19(15(13)22)27-14-6-5-9-3-1-2-4-10(9)16(14)23(17)8-12(18(11)24)20(25)26/h8-11,13-17,19H,1-7H2,(H,25,26). The fourth-order valence-corrected chi connectivity index (χ4v) is 6.51. The Balaban J connectivity index is 1.60. The summed E-state index contributed by atoms with van der Waals surface area (Å²) in [5.74, 6) is -1.79. The van der Waals surface area contributed by atoms with E-state index in [1.165, 1.54) is 12.6 Å². The highest BCUT2D eigenvalue weighted by atomic mass is 19.2. The zero-order valence-electron chi connectivity index (χ0n) is 15.1. The molecule has 5 rings (SSSR count). The zero-order valence-corrected chi connectivity index (χ0v) is 15.1. The molecule has 0 aromatic heterocycles. The minimum atomic E-state index is -1.79. The van der Waals surface area contributed by atoms with E-state index in [-0.39, 0.29) is 24.1 Å². The Morgan fingerprint density at radius 2 is 1.93 bits per heavy atom. The smallest absolute Gasteiger partial charge is 0.340 e. The highest BCUT2D eigenvalue weighted by molar-refractivity contribution is 6.18. The third-order valence-corrected chi connectivity index (χ3v) is 7.63. The van der Waals surface area contributed by atoms with Crippen molar-refractivity contribution in [2.24, 2.45) is 17.8 Å². The van der Waals surface area contributed by atoms with E-state index in [1.807, 2.05) is 4.90 Å². The number of alkyl halides is 2. The number of nitrogens with zero attached hydrogens (tertiary/aromatic N) is 1. The third-order valence-electron chi connectivity index (χ3n) is 7.63. The molecule has 7 heteroatoms. The van der Waals surface area contributed by atoms with Gasteiger partial charge in [-0.05, 0) is 37.5 Å². The van der Waals surface area contributed by atoms with E-state index in [2.05, 4.69) is 0 Å². The molecule has 9 unspecified atom stereocenters. The summed E-state index contributed by atoms with van der Waals surface area (Å²) in [6.07, 6.45) is 2.71. The summed E-state index contributed by atoms with van der Waals surface area (Å²) in [6.45, 7) is 0. The maximum Gasteiger partial charge on any atom is 0.340 e. The lowest BCUT2D eigenvalue weighted by atomic mass is 9.64. The van der Waals surface area contributed by atoms with Crippen LogP contribution in [0, 0.1) is 17.8 Å². The molecule has 148 valence electrons. The van der Waals surface area contributed by atoms with Crippen LogP contribution in [0.4, 0.5) is 8.78 Å². The largest absolute Gasteiger partial charge is 0.478 e. The third kappa shape index (κ3) is 2.50. The minimum Gasteiger partial charge on any atom is -0.478 e. The molecule has 2 aliphatic heterocycles. The second-order valence-electron chi connectivity index (χ2n) is 8.87. The monoisotopic (exact) mass is 381 g/mol. The lowest BCUT2D eigenvalue weighted by Gasteiger charge is -2.61. The van der Waals surface area contributed by atoms with Gasteiger partial charge in [0, 0.05) is 12.1 Å². The quantitative estimate of drug-likeness (QED) is 0.708. The molecule has 2 heterocycles. The van der Waals surface area contributed by atoms with Crippen molar-refractivity contribution in [2.45, 2.75) is 81.6 Å². The molecule has 9 atom stereocenters. The van der Waals surface area contributed by atoms with Gasteiger partial charge >= 0.3 is 5.97 Å². The minimum absolute atomic E-state index is 0.0430. The molecule has 0 radical (unpaired) electrons. The average Bonchev–Trinajstić information content (AvgIpc) is 2.66. The number of ether oxygens (including phenoxy) is 1. The summed E-state index contributed by atoms with van der Waals surface area (Å²) in [7, 11) is 0. The molecule has 1 saturated heterocycles. The normalized spacial score (nSPS) is 48.8. The molecular weight excluding hydrogens is 356 g/mol. The lowest BCUT2D eigenvalue weighted by molar-refractivity contribution is -0.225. The molecule has 0 aromatic rings. The fourth-order valence-electron chi connectivity index (χ4n) is 6.51. The summed E-state index contributed by atoms with van der Waals surface area (Å²) < 4.78 is 35.2. The number of hydrogen-bond acceptors (Lipinski definition) is 4. The van der Waals surface area contributed by atoms with E-state index in [1.54, 1.807) is 0 Å². The number of carboxylic acid groups (broad SMARTS) is 1. The van der Waals surface area contributed by atoms with Crippen molar-refractivity contribution in [3.05, 3.63) is 11.8 Å². The van der Waals surface area contributed by atoms with E-state index < -0.39 is 42.2 Å². The number of halogens is 2. The number of fused-ring (bicyclic) bond motifs is 4. The van der Waals surface area contributed by atoms with Crippen LogP contribution in [0.1, 0.15) is 44.9 Å². The van der Waals surface area contributed by atoms with Gasteiger partial charge in [-0.1, -0.05) is 19.3 Å². The van der Waals surface area contributed by atoms with Crippen LogP contribution < -0.4 is 0 Å². The average molecular weight is 381 g/mol. The maximum atomic E-state index is 14.7. The van der Waals surface area contributed by atoms with E-state index in [0.29, 0.717) is 11.8 Å². The number of carbonyl (C=O) groups excluding carboxylic acids is 1. The van der Waals surface area contributed by atoms with Crippen LogP contribution in [0.3, 0.4) is 0 Å². The van der Waals surface area contributed by atoms with Gasteiger partial charge in [-0.2, -0.15) is 0 Å². The van der Waals surface area contributed by atoms with E-state index in [4.69, 9.17) is 4.74 Å². The van der Waals surface area contributed by atoms with Gasteiger partial charge in [-0.3, -0.25) is 4.79 Å². The van der Waals surface area contributed by atoms with Crippen molar-refractivity contribution in [1.82, 2.24) is 4.90 Å². The molecule has 5 aliphatic rings. The highest BCUT2D eigenvalue weighted by Crippen LogP contribution is 2.51. The van der Waals surface area contributed by atoms with Crippen molar-refractivity contribution in [3.63, 3.8) is 0 Å². The molecule has 3 saturated carbocycles. The van der Waals surface area contributed by atoms with Gasteiger partial charge in [-0.25, -0.2) is 13.6 Å². The summed E-state index contributed by atoms with van der Waals surface area (Å²) in [5, 5.41) is 9.53. The predicted octanol–water partition coefficient (Wildman–Crippen LogP) is 2.64. The first-order valence-electron chi connectivity index (χ1n) is 10.2. The van der Waals surface area contributed by atoms with E-state index >= 15 is 0 Å². The van der Waals surface area contributed by atoms with Gasteiger partial charge in [0.2, 0.25) is 0 Å². The van der Waals surface area contributed by atoms with E-state index in [0.717, 1.165) is 32.1 Å². The predicted molar refractivity (Wildman–Crippen MR) is 91.4 cm³/mol. The number of ketones is 1. The molecule has 4 fully saturated rings.